The third kappa shape index (κ3) is 5.66. The average Bonchev–Trinajstić information content (AvgIpc) is 2.47. The minimum absolute atomic E-state index is 0.0169. The Morgan fingerprint density at radius 3 is 2.58 bits per heavy atom. The smallest absolute Gasteiger partial charge is 0.383 e. The zero-order chi connectivity index (χ0) is 18.5. The van der Waals surface area contributed by atoms with Crippen LogP contribution in [0.15, 0.2) is 18.2 Å². The summed E-state index contributed by atoms with van der Waals surface area (Å²) < 4.78 is 43.0. The van der Waals surface area contributed by atoms with Crippen LogP contribution in [0.1, 0.15) is 5.56 Å². The van der Waals surface area contributed by atoms with E-state index >= 15 is 0 Å². The summed E-state index contributed by atoms with van der Waals surface area (Å²) in [4.78, 5) is 24.7. The second kappa shape index (κ2) is 8.32. The maximum atomic E-state index is 12.8. The predicted octanol–water partition coefficient (Wildman–Crippen LogP) is 1.73. The summed E-state index contributed by atoms with van der Waals surface area (Å²) in [7, 11) is 2.72. The van der Waals surface area contributed by atoms with E-state index in [0.29, 0.717) is 0 Å². The largest absolute Gasteiger partial charge is 0.417 e. The Kier molecular flexibility index (Phi) is 7.00. The van der Waals surface area contributed by atoms with E-state index in [4.69, 9.17) is 22.1 Å². The molecule has 134 valence electrons. The van der Waals surface area contributed by atoms with Crippen LogP contribution in [0.2, 0.25) is 5.02 Å². The summed E-state index contributed by atoms with van der Waals surface area (Å²) in [5, 5.41) is 1.80. The van der Waals surface area contributed by atoms with Crippen molar-refractivity contribution in [1.82, 2.24) is 4.90 Å². The van der Waals surface area contributed by atoms with Crippen LogP contribution in [-0.2, 0) is 20.5 Å². The number of methoxy groups -OCH3 is 1. The van der Waals surface area contributed by atoms with Gasteiger partial charge in [-0.15, -0.1) is 0 Å². The lowest BCUT2D eigenvalue weighted by molar-refractivity contribution is -0.137. The molecule has 1 rings (SSSR count). The highest BCUT2D eigenvalue weighted by Gasteiger charge is 2.33. The topological polar surface area (TPSA) is 84.7 Å². The molecule has 2 amide bonds. The Balaban J connectivity index is 2.73. The standard InChI is InChI=1S/C14H17ClF3N3O3/c1-21(13(23)11(19)7-24-2)6-12(22)20-8-3-4-10(15)9(5-8)14(16,17)18/h3-5,11H,6-7,19H2,1-2H3,(H,20,22). The molecule has 1 aromatic rings. The number of hydrogen-bond donors (Lipinski definition) is 2. The summed E-state index contributed by atoms with van der Waals surface area (Å²) in [6, 6.07) is 2.05. The van der Waals surface area contributed by atoms with Gasteiger partial charge in [0, 0.05) is 19.8 Å². The molecule has 0 saturated heterocycles. The van der Waals surface area contributed by atoms with Gasteiger partial charge in [0.05, 0.1) is 23.7 Å². The molecule has 0 aliphatic carbocycles. The van der Waals surface area contributed by atoms with Crippen molar-refractivity contribution in [3.05, 3.63) is 28.8 Å². The first-order valence-electron chi connectivity index (χ1n) is 6.72. The van der Waals surface area contributed by atoms with Crippen molar-refractivity contribution in [3.8, 4) is 0 Å². The molecule has 10 heteroatoms. The van der Waals surface area contributed by atoms with Gasteiger partial charge in [0.25, 0.3) is 0 Å². The number of ether oxygens (including phenoxy) is 1. The van der Waals surface area contributed by atoms with Crippen molar-refractivity contribution in [2.45, 2.75) is 12.2 Å². The van der Waals surface area contributed by atoms with Crippen molar-refractivity contribution in [3.63, 3.8) is 0 Å². The molecule has 0 aliphatic heterocycles. The highest BCUT2D eigenvalue weighted by atomic mass is 35.5. The van der Waals surface area contributed by atoms with Crippen molar-refractivity contribution in [1.29, 1.82) is 0 Å². The third-order valence-electron chi connectivity index (χ3n) is 2.98. The van der Waals surface area contributed by atoms with Crippen LogP contribution >= 0.6 is 11.6 Å². The van der Waals surface area contributed by atoms with Crippen LogP contribution in [0.25, 0.3) is 0 Å². The summed E-state index contributed by atoms with van der Waals surface area (Å²) >= 11 is 5.50. The zero-order valence-electron chi connectivity index (χ0n) is 13.0. The van der Waals surface area contributed by atoms with Gasteiger partial charge in [-0.1, -0.05) is 11.6 Å². The van der Waals surface area contributed by atoms with Crippen molar-refractivity contribution in [2.24, 2.45) is 5.73 Å². The van der Waals surface area contributed by atoms with E-state index in [1.54, 1.807) is 0 Å². The average molecular weight is 368 g/mol. The van der Waals surface area contributed by atoms with Gasteiger partial charge in [0.2, 0.25) is 11.8 Å². The molecule has 0 fully saturated rings. The molecule has 0 saturated carbocycles. The Morgan fingerprint density at radius 1 is 1.42 bits per heavy atom. The van der Waals surface area contributed by atoms with E-state index in [2.05, 4.69) is 5.32 Å². The van der Waals surface area contributed by atoms with Gasteiger partial charge < -0.3 is 20.7 Å². The number of anilines is 1. The second-order valence-electron chi connectivity index (χ2n) is 5.00. The van der Waals surface area contributed by atoms with Crippen LogP contribution in [0.5, 0.6) is 0 Å². The molecule has 0 bridgehead atoms. The lowest BCUT2D eigenvalue weighted by atomic mass is 10.2. The number of amides is 2. The number of likely N-dealkylation sites (N-methyl/N-ethyl adjacent to an activating group) is 1. The minimum atomic E-state index is -4.64. The predicted molar refractivity (Wildman–Crippen MR) is 82.6 cm³/mol. The van der Waals surface area contributed by atoms with Crippen molar-refractivity contribution >= 4 is 29.1 Å². The number of alkyl halides is 3. The fraction of sp³-hybridized carbons (Fsp3) is 0.429. The maximum absolute atomic E-state index is 12.8. The van der Waals surface area contributed by atoms with Gasteiger partial charge in [-0.2, -0.15) is 13.2 Å². The molecule has 3 N–H and O–H groups in total. The number of hydrogen-bond acceptors (Lipinski definition) is 4. The van der Waals surface area contributed by atoms with E-state index in [1.165, 1.54) is 20.2 Å². The molecular weight excluding hydrogens is 351 g/mol. The normalized spacial score (nSPS) is 12.6. The second-order valence-corrected chi connectivity index (χ2v) is 5.40. The summed E-state index contributed by atoms with van der Waals surface area (Å²) in [6.45, 7) is -0.392. The SMILES string of the molecule is COCC(N)C(=O)N(C)CC(=O)Nc1ccc(Cl)c(C(F)(F)F)c1. The Hall–Kier alpha value is -1.84. The van der Waals surface area contributed by atoms with Crippen LogP contribution < -0.4 is 11.1 Å². The van der Waals surface area contributed by atoms with Gasteiger partial charge in [-0.3, -0.25) is 9.59 Å². The highest BCUT2D eigenvalue weighted by Crippen LogP contribution is 2.36. The first-order valence-corrected chi connectivity index (χ1v) is 7.10. The number of halogens is 4. The Bertz CT molecular complexity index is 611. The number of nitrogens with zero attached hydrogens (tertiary/aromatic N) is 1. The monoisotopic (exact) mass is 367 g/mol. The number of nitrogens with one attached hydrogen (secondary N) is 1. The minimum Gasteiger partial charge on any atom is -0.383 e. The van der Waals surface area contributed by atoms with Gasteiger partial charge in [-0.25, -0.2) is 0 Å². The van der Waals surface area contributed by atoms with Crippen LogP contribution in [0, 0.1) is 0 Å². The molecule has 0 aromatic heterocycles. The number of benzene rings is 1. The molecule has 6 nitrogen and oxygen atoms in total. The summed E-state index contributed by atoms with van der Waals surface area (Å²) in [5.74, 6) is -1.20. The number of carbonyl (C=O) groups excluding carboxylic acids is 2. The zero-order valence-corrected chi connectivity index (χ0v) is 13.7. The Morgan fingerprint density at radius 2 is 2.04 bits per heavy atom. The van der Waals surface area contributed by atoms with E-state index in [0.717, 1.165) is 17.0 Å². The fourth-order valence-corrected chi connectivity index (χ4v) is 2.07. The van der Waals surface area contributed by atoms with Crippen LogP contribution in [0.4, 0.5) is 18.9 Å². The molecule has 1 aromatic carbocycles. The maximum Gasteiger partial charge on any atom is 0.417 e. The van der Waals surface area contributed by atoms with Crippen LogP contribution in [0.3, 0.4) is 0 Å². The first kappa shape index (κ1) is 20.2. The molecule has 24 heavy (non-hydrogen) atoms. The Labute approximate surface area is 141 Å². The molecule has 0 aliphatic rings. The lowest BCUT2D eigenvalue weighted by Crippen LogP contribution is -2.46. The van der Waals surface area contributed by atoms with E-state index in [-0.39, 0.29) is 18.8 Å². The summed E-state index contributed by atoms with van der Waals surface area (Å²) in [5.41, 5.74) is 4.41. The number of nitrogens with two attached hydrogens (primary N) is 1. The number of rotatable bonds is 6. The lowest BCUT2D eigenvalue weighted by Gasteiger charge is -2.20. The molecule has 1 unspecified atom stereocenters. The van der Waals surface area contributed by atoms with E-state index in [1.807, 2.05) is 0 Å². The van der Waals surface area contributed by atoms with Gasteiger partial charge >= 0.3 is 6.18 Å². The van der Waals surface area contributed by atoms with Crippen molar-refractivity contribution in [2.75, 3.05) is 32.6 Å². The van der Waals surface area contributed by atoms with Crippen molar-refractivity contribution < 1.29 is 27.5 Å². The molecule has 0 heterocycles. The van der Waals surface area contributed by atoms with Gasteiger partial charge in [-0.05, 0) is 18.2 Å². The highest BCUT2D eigenvalue weighted by molar-refractivity contribution is 6.31. The quantitative estimate of drug-likeness (QED) is 0.802. The third-order valence-corrected chi connectivity index (χ3v) is 3.31. The van der Waals surface area contributed by atoms with Crippen LogP contribution in [-0.4, -0.2) is 50.1 Å². The van der Waals surface area contributed by atoms with Gasteiger partial charge in [0.15, 0.2) is 0 Å². The molecule has 0 radical (unpaired) electrons. The molecule has 0 spiro atoms. The number of carbonyl (C=O) groups is 2. The summed E-state index contributed by atoms with van der Waals surface area (Å²) in [6.07, 6.45) is -4.64. The van der Waals surface area contributed by atoms with E-state index in [9.17, 15) is 22.8 Å². The molecular formula is C14H17ClF3N3O3. The molecule has 1 atom stereocenters. The first-order chi connectivity index (χ1) is 11.1. The fourth-order valence-electron chi connectivity index (χ4n) is 1.85. The van der Waals surface area contributed by atoms with E-state index < -0.39 is 34.6 Å². The van der Waals surface area contributed by atoms with Gasteiger partial charge in [0.1, 0.15) is 6.04 Å².